The van der Waals surface area contributed by atoms with Crippen molar-refractivity contribution in [2.24, 2.45) is 0 Å². The molecule has 6 nitrogen and oxygen atoms in total. The smallest absolute Gasteiger partial charge is 0.222 e. The monoisotopic (exact) mass is 368 g/mol. The number of hydrogen-bond acceptors (Lipinski definition) is 5. The van der Waals surface area contributed by atoms with Gasteiger partial charge in [-0.1, -0.05) is 29.8 Å². The first-order valence-electron chi connectivity index (χ1n) is 9.56. The van der Waals surface area contributed by atoms with Crippen molar-refractivity contribution in [1.29, 1.82) is 0 Å². The lowest BCUT2D eigenvalue weighted by atomic mass is 10.1. The summed E-state index contributed by atoms with van der Waals surface area (Å²) in [6.07, 6.45) is 3.23. The molecule has 3 heterocycles. The first-order valence-corrected chi connectivity index (χ1v) is 9.56. The van der Waals surface area contributed by atoms with Gasteiger partial charge in [-0.2, -0.15) is 0 Å². The molecule has 0 spiro atoms. The van der Waals surface area contributed by atoms with E-state index in [-0.39, 0.29) is 5.75 Å². The largest absolute Gasteiger partial charge is 0.506 e. The van der Waals surface area contributed by atoms with Crippen LogP contribution in [0.3, 0.4) is 0 Å². The number of aryl methyl sites for hydroxylation is 1. The van der Waals surface area contributed by atoms with Crippen molar-refractivity contribution in [3.05, 3.63) is 53.7 Å². The van der Waals surface area contributed by atoms with E-state index in [0.29, 0.717) is 5.91 Å². The second-order valence-electron chi connectivity index (χ2n) is 7.02. The van der Waals surface area contributed by atoms with Gasteiger partial charge in [0, 0.05) is 45.7 Å². The van der Waals surface area contributed by atoms with Gasteiger partial charge in [0.15, 0.2) is 0 Å². The second kappa shape index (κ2) is 9.37. The summed E-state index contributed by atoms with van der Waals surface area (Å²) in [5.41, 5.74) is 2.49. The van der Waals surface area contributed by atoms with E-state index in [2.05, 4.69) is 46.4 Å². The number of nitrogens with zero attached hydrogens (tertiary/aromatic N) is 3. The van der Waals surface area contributed by atoms with Gasteiger partial charge in [0.25, 0.3) is 0 Å². The summed E-state index contributed by atoms with van der Waals surface area (Å²) in [5.74, 6) is 1.46. The summed E-state index contributed by atoms with van der Waals surface area (Å²) >= 11 is 0. The topological polar surface area (TPSA) is 68.7 Å². The van der Waals surface area contributed by atoms with E-state index >= 15 is 0 Å². The van der Waals surface area contributed by atoms with E-state index in [9.17, 15) is 4.79 Å². The number of benzene rings is 1. The highest BCUT2D eigenvalue weighted by Crippen LogP contribution is 2.15. The van der Waals surface area contributed by atoms with E-state index in [0.717, 1.165) is 57.9 Å². The van der Waals surface area contributed by atoms with Gasteiger partial charge >= 0.3 is 0 Å². The van der Waals surface area contributed by atoms with Crippen LogP contribution in [0.2, 0.25) is 0 Å². The highest BCUT2D eigenvalue weighted by Gasteiger charge is 2.19. The highest BCUT2D eigenvalue weighted by atomic mass is 16.3. The van der Waals surface area contributed by atoms with Crippen molar-refractivity contribution in [2.75, 3.05) is 37.6 Å². The third-order valence-electron chi connectivity index (χ3n) is 4.84. The Kier molecular flexibility index (Phi) is 6.65. The molecule has 2 N–H and O–H groups in total. The summed E-state index contributed by atoms with van der Waals surface area (Å²) < 4.78 is 0. The van der Waals surface area contributed by atoms with Crippen molar-refractivity contribution in [3.63, 3.8) is 0 Å². The van der Waals surface area contributed by atoms with E-state index in [4.69, 9.17) is 5.11 Å². The number of pyridine rings is 1. The van der Waals surface area contributed by atoms with Crippen molar-refractivity contribution in [3.8, 4) is 5.75 Å². The van der Waals surface area contributed by atoms with Gasteiger partial charge in [0.05, 0.1) is 6.20 Å². The van der Waals surface area contributed by atoms with E-state index in [1.165, 1.54) is 17.3 Å². The average Bonchev–Trinajstić information content (AvgIpc) is 3.10. The van der Waals surface area contributed by atoms with Crippen LogP contribution in [0.25, 0.3) is 0 Å². The Morgan fingerprint density at radius 1 is 1.07 bits per heavy atom. The van der Waals surface area contributed by atoms with Crippen LogP contribution in [0, 0.1) is 6.92 Å². The van der Waals surface area contributed by atoms with Crippen LogP contribution in [0.5, 0.6) is 5.75 Å². The molecule has 6 heteroatoms. The SMILES string of the molecule is Cc1ccc(CN2CCCC2=O)cc1.Oc1ccc(N2CCNCC2)nc1. The maximum Gasteiger partial charge on any atom is 0.222 e. The van der Waals surface area contributed by atoms with E-state index < -0.39 is 0 Å². The number of aromatic nitrogens is 1. The molecule has 0 unspecified atom stereocenters. The van der Waals surface area contributed by atoms with E-state index in [1.807, 2.05) is 11.0 Å². The predicted octanol–water partition coefficient (Wildman–Crippen LogP) is 2.31. The quantitative estimate of drug-likeness (QED) is 0.870. The van der Waals surface area contributed by atoms with Crippen molar-refractivity contribution in [1.82, 2.24) is 15.2 Å². The van der Waals surface area contributed by atoms with Gasteiger partial charge < -0.3 is 20.2 Å². The molecule has 0 bridgehead atoms. The molecular weight excluding hydrogens is 340 g/mol. The standard InChI is InChI=1S/C12H15NO.C9H13N3O/c1-10-4-6-11(7-5-10)9-13-8-2-3-12(13)14;13-8-1-2-9(11-7-8)12-5-3-10-4-6-12/h4-7H,2-3,8-9H2,1H3;1-2,7,10,13H,3-6H2. The Morgan fingerprint density at radius 3 is 2.41 bits per heavy atom. The number of hydrogen-bond donors (Lipinski definition) is 2. The van der Waals surface area contributed by atoms with Crippen molar-refractivity contribution in [2.45, 2.75) is 26.3 Å². The first-order chi connectivity index (χ1) is 13.1. The Bertz CT molecular complexity index is 725. The van der Waals surface area contributed by atoms with Crippen LogP contribution in [-0.4, -0.2) is 53.6 Å². The lowest BCUT2D eigenvalue weighted by Crippen LogP contribution is -2.43. The van der Waals surface area contributed by atoms with Gasteiger partial charge in [0.2, 0.25) is 5.91 Å². The molecule has 0 atom stereocenters. The number of carbonyl (C=O) groups is 1. The Balaban J connectivity index is 0.000000156. The van der Waals surface area contributed by atoms with Gasteiger partial charge in [-0.3, -0.25) is 4.79 Å². The van der Waals surface area contributed by atoms with E-state index in [1.54, 1.807) is 6.07 Å². The van der Waals surface area contributed by atoms with Gasteiger partial charge in [-0.05, 0) is 31.0 Å². The van der Waals surface area contributed by atoms with Crippen molar-refractivity contribution >= 4 is 11.7 Å². The fourth-order valence-electron chi connectivity index (χ4n) is 3.24. The normalized spacial score (nSPS) is 16.9. The van der Waals surface area contributed by atoms with Crippen LogP contribution in [0.4, 0.5) is 5.82 Å². The van der Waals surface area contributed by atoms with Gasteiger partial charge in [-0.15, -0.1) is 0 Å². The van der Waals surface area contributed by atoms with Crippen LogP contribution in [0.15, 0.2) is 42.6 Å². The lowest BCUT2D eigenvalue weighted by Gasteiger charge is -2.28. The zero-order chi connectivity index (χ0) is 19.1. The van der Waals surface area contributed by atoms with Crippen LogP contribution in [0.1, 0.15) is 24.0 Å². The Hall–Kier alpha value is -2.60. The minimum atomic E-state index is 0.221. The lowest BCUT2D eigenvalue weighted by molar-refractivity contribution is -0.128. The predicted molar refractivity (Wildman–Crippen MR) is 107 cm³/mol. The molecule has 2 fully saturated rings. The van der Waals surface area contributed by atoms with Crippen molar-refractivity contribution < 1.29 is 9.90 Å². The summed E-state index contributed by atoms with van der Waals surface area (Å²) in [6.45, 7) is 7.75. The minimum absolute atomic E-state index is 0.221. The Labute approximate surface area is 160 Å². The maximum atomic E-state index is 11.4. The zero-order valence-electron chi connectivity index (χ0n) is 15.9. The average molecular weight is 368 g/mol. The molecule has 0 aliphatic carbocycles. The molecule has 4 rings (SSSR count). The molecule has 0 radical (unpaired) electrons. The number of rotatable bonds is 3. The highest BCUT2D eigenvalue weighted by molar-refractivity contribution is 5.78. The molecule has 2 aliphatic heterocycles. The van der Waals surface area contributed by atoms with Crippen LogP contribution < -0.4 is 10.2 Å². The number of carbonyl (C=O) groups excluding carboxylic acids is 1. The molecule has 0 saturated carbocycles. The number of nitrogens with one attached hydrogen (secondary N) is 1. The molecular formula is C21H28N4O2. The summed E-state index contributed by atoms with van der Waals surface area (Å²) in [5, 5.41) is 12.3. The summed E-state index contributed by atoms with van der Waals surface area (Å²) in [7, 11) is 0. The third kappa shape index (κ3) is 5.69. The minimum Gasteiger partial charge on any atom is -0.506 e. The summed E-state index contributed by atoms with van der Waals surface area (Å²) in [6, 6.07) is 11.9. The Morgan fingerprint density at radius 2 is 1.81 bits per heavy atom. The number of likely N-dealkylation sites (tertiary alicyclic amines) is 1. The molecule has 2 aromatic rings. The second-order valence-corrected chi connectivity index (χ2v) is 7.02. The number of amides is 1. The first kappa shape index (κ1) is 19.2. The maximum absolute atomic E-state index is 11.4. The van der Waals surface area contributed by atoms with Crippen LogP contribution in [-0.2, 0) is 11.3 Å². The number of anilines is 1. The number of aromatic hydroxyl groups is 1. The molecule has 2 aliphatic rings. The third-order valence-corrected chi connectivity index (χ3v) is 4.84. The zero-order valence-corrected chi connectivity index (χ0v) is 15.9. The number of piperazine rings is 1. The fraction of sp³-hybridized carbons (Fsp3) is 0.429. The van der Waals surface area contributed by atoms with Gasteiger partial charge in [-0.25, -0.2) is 4.98 Å². The van der Waals surface area contributed by atoms with Crippen LogP contribution >= 0.6 is 0 Å². The fourth-order valence-corrected chi connectivity index (χ4v) is 3.24. The molecule has 1 aromatic heterocycles. The molecule has 2 saturated heterocycles. The van der Waals surface area contributed by atoms with Gasteiger partial charge in [0.1, 0.15) is 11.6 Å². The summed E-state index contributed by atoms with van der Waals surface area (Å²) in [4.78, 5) is 19.7. The molecule has 1 aromatic carbocycles. The molecule has 1 amide bonds. The molecule has 144 valence electrons. The molecule has 27 heavy (non-hydrogen) atoms.